The average molecular weight is 219 g/mol. The normalized spacial score (nSPS) is 11.4. The molecule has 2 heterocycles. The van der Waals surface area contributed by atoms with Crippen LogP contribution in [0.3, 0.4) is 0 Å². The Morgan fingerprint density at radius 1 is 1.38 bits per heavy atom. The summed E-state index contributed by atoms with van der Waals surface area (Å²) in [7, 11) is 2.08. The molecule has 16 heavy (non-hydrogen) atoms. The van der Waals surface area contributed by atoms with Gasteiger partial charge in [0.05, 0.1) is 5.39 Å². The van der Waals surface area contributed by atoms with E-state index in [1.807, 2.05) is 6.20 Å². The molecule has 0 fully saturated rings. The predicted molar refractivity (Wildman–Crippen MR) is 65.8 cm³/mol. The Kier molecular flexibility index (Phi) is 3.10. The standard InChI is InChI=1S/C12H17N3O/c1-3-15(2)7-5-9-8-14-12-11(9)10(16)4-6-13-12/h4,6,8H,3,5,7H2,1-2H3,(H2,13,14,16). The molecule has 0 saturated heterocycles. The van der Waals surface area contributed by atoms with Gasteiger partial charge in [-0.25, -0.2) is 0 Å². The molecule has 0 bridgehead atoms. The Bertz CT molecular complexity index is 526. The second-order valence-corrected chi connectivity index (χ2v) is 4.05. The van der Waals surface area contributed by atoms with E-state index in [2.05, 4.69) is 28.8 Å². The lowest BCUT2D eigenvalue weighted by molar-refractivity contribution is 0.358. The minimum Gasteiger partial charge on any atom is -0.347 e. The molecule has 0 aromatic carbocycles. The number of aromatic amines is 2. The van der Waals surface area contributed by atoms with Crippen molar-refractivity contribution in [1.82, 2.24) is 14.9 Å². The van der Waals surface area contributed by atoms with E-state index in [4.69, 9.17) is 0 Å². The molecule has 0 radical (unpaired) electrons. The van der Waals surface area contributed by atoms with Crippen LogP contribution in [0.2, 0.25) is 0 Å². The third-order valence-corrected chi connectivity index (χ3v) is 2.97. The zero-order chi connectivity index (χ0) is 11.5. The summed E-state index contributed by atoms with van der Waals surface area (Å²) in [4.78, 5) is 20.1. The number of nitrogens with zero attached hydrogens (tertiary/aromatic N) is 1. The fourth-order valence-corrected chi connectivity index (χ4v) is 1.81. The summed E-state index contributed by atoms with van der Waals surface area (Å²) in [5.74, 6) is 0. The number of H-pyrrole nitrogens is 2. The quantitative estimate of drug-likeness (QED) is 0.815. The lowest BCUT2D eigenvalue weighted by atomic mass is 10.1. The van der Waals surface area contributed by atoms with Gasteiger partial charge in [-0.1, -0.05) is 6.92 Å². The van der Waals surface area contributed by atoms with E-state index >= 15 is 0 Å². The molecule has 2 N–H and O–H groups in total. The molecule has 4 nitrogen and oxygen atoms in total. The summed E-state index contributed by atoms with van der Waals surface area (Å²) >= 11 is 0. The van der Waals surface area contributed by atoms with Gasteiger partial charge in [-0.3, -0.25) is 4.79 Å². The minimum absolute atomic E-state index is 0.0872. The van der Waals surface area contributed by atoms with Gasteiger partial charge in [0.1, 0.15) is 5.65 Å². The van der Waals surface area contributed by atoms with Crippen molar-refractivity contribution >= 4 is 11.0 Å². The molecule has 0 aliphatic carbocycles. The van der Waals surface area contributed by atoms with Crippen molar-refractivity contribution in [3.8, 4) is 0 Å². The molecule has 0 aliphatic rings. The Labute approximate surface area is 94.3 Å². The van der Waals surface area contributed by atoms with Crippen molar-refractivity contribution < 1.29 is 0 Å². The molecule has 0 unspecified atom stereocenters. The molecule has 0 atom stereocenters. The first-order chi connectivity index (χ1) is 7.72. The highest BCUT2D eigenvalue weighted by Gasteiger charge is 2.07. The summed E-state index contributed by atoms with van der Waals surface area (Å²) < 4.78 is 0. The van der Waals surface area contributed by atoms with Crippen molar-refractivity contribution in [1.29, 1.82) is 0 Å². The number of likely N-dealkylation sites (N-methyl/N-ethyl adjacent to an activating group) is 1. The van der Waals surface area contributed by atoms with E-state index in [-0.39, 0.29) is 5.43 Å². The fraction of sp³-hybridized carbons (Fsp3) is 0.417. The van der Waals surface area contributed by atoms with Crippen LogP contribution in [0.1, 0.15) is 12.5 Å². The Hall–Kier alpha value is -1.55. The summed E-state index contributed by atoms with van der Waals surface area (Å²) in [6.07, 6.45) is 4.49. The average Bonchev–Trinajstić information content (AvgIpc) is 2.70. The summed E-state index contributed by atoms with van der Waals surface area (Å²) in [5, 5.41) is 0.798. The molecular weight excluding hydrogens is 202 g/mol. The number of fused-ring (bicyclic) bond motifs is 1. The zero-order valence-electron chi connectivity index (χ0n) is 9.71. The van der Waals surface area contributed by atoms with Crippen molar-refractivity contribution in [2.75, 3.05) is 20.1 Å². The van der Waals surface area contributed by atoms with Crippen LogP contribution in [-0.4, -0.2) is 35.0 Å². The van der Waals surface area contributed by atoms with E-state index in [0.29, 0.717) is 0 Å². The molecular formula is C12H17N3O. The van der Waals surface area contributed by atoms with E-state index in [1.165, 1.54) is 0 Å². The topological polar surface area (TPSA) is 51.9 Å². The van der Waals surface area contributed by atoms with E-state index < -0.39 is 0 Å². The van der Waals surface area contributed by atoms with Gasteiger partial charge in [-0.15, -0.1) is 0 Å². The number of nitrogens with one attached hydrogen (secondary N) is 2. The molecule has 0 spiro atoms. The first-order valence-electron chi connectivity index (χ1n) is 5.58. The molecule has 0 amide bonds. The lowest BCUT2D eigenvalue weighted by Crippen LogP contribution is -2.20. The van der Waals surface area contributed by atoms with Crippen molar-refractivity contribution in [2.24, 2.45) is 0 Å². The number of pyridine rings is 1. The van der Waals surface area contributed by atoms with Crippen molar-refractivity contribution in [3.63, 3.8) is 0 Å². The largest absolute Gasteiger partial charge is 0.347 e. The first-order valence-corrected chi connectivity index (χ1v) is 5.58. The maximum atomic E-state index is 11.7. The molecule has 4 heteroatoms. The molecule has 2 aromatic rings. The van der Waals surface area contributed by atoms with Gasteiger partial charge in [-0.2, -0.15) is 0 Å². The number of aromatic nitrogens is 2. The second kappa shape index (κ2) is 4.53. The molecule has 0 saturated carbocycles. The van der Waals surface area contributed by atoms with Crippen LogP contribution in [0.15, 0.2) is 23.3 Å². The SMILES string of the molecule is CCN(C)CCc1c[nH]c2[nH]ccc(=O)c12. The highest BCUT2D eigenvalue weighted by atomic mass is 16.1. The van der Waals surface area contributed by atoms with Gasteiger partial charge in [0, 0.05) is 25.0 Å². The van der Waals surface area contributed by atoms with Crippen LogP contribution in [-0.2, 0) is 6.42 Å². The minimum atomic E-state index is 0.0872. The van der Waals surface area contributed by atoms with Crippen molar-refractivity contribution in [2.45, 2.75) is 13.3 Å². The smallest absolute Gasteiger partial charge is 0.191 e. The maximum absolute atomic E-state index is 11.7. The molecule has 2 rings (SSSR count). The third-order valence-electron chi connectivity index (χ3n) is 2.97. The van der Waals surface area contributed by atoms with E-state index in [1.54, 1.807) is 12.3 Å². The van der Waals surface area contributed by atoms with Crippen LogP contribution >= 0.6 is 0 Å². The summed E-state index contributed by atoms with van der Waals surface area (Å²) in [6, 6.07) is 1.57. The van der Waals surface area contributed by atoms with Crippen LogP contribution in [0.5, 0.6) is 0 Å². The Morgan fingerprint density at radius 2 is 2.19 bits per heavy atom. The maximum Gasteiger partial charge on any atom is 0.191 e. The predicted octanol–water partition coefficient (Wildman–Crippen LogP) is 1.35. The number of hydrogen-bond donors (Lipinski definition) is 2. The van der Waals surface area contributed by atoms with Crippen molar-refractivity contribution in [3.05, 3.63) is 34.2 Å². The van der Waals surface area contributed by atoms with Gasteiger partial charge in [0.25, 0.3) is 0 Å². The van der Waals surface area contributed by atoms with Crippen LogP contribution in [0, 0.1) is 0 Å². The van der Waals surface area contributed by atoms with Gasteiger partial charge in [-0.05, 0) is 25.6 Å². The van der Waals surface area contributed by atoms with Crippen LogP contribution < -0.4 is 5.43 Å². The highest BCUT2D eigenvalue weighted by Crippen LogP contribution is 2.12. The van der Waals surface area contributed by atoms with Gasteiger partial charge in [0.2, 0.25) is 0 Å². The van der Waals surface area contributed by atoms with E-state index in [0.717, 1.165) is 36.1 Å². The summed E-state index contributed by atoms with van der Waals surface area (Å²) in [6.45, 7) is 4.12. The Balaban J connectivity index is 2.28. The van der Waals surface area contributed by atoms with Crippen LogP contribution in [0.25, 0.3) is 11.0 Å². The van der Waals surface area contributed by atoms with E-state index in [9.17, 15) is 4.79 Å². The zero-order valence-corrected chi connectivity index (χ0v) is 9.71. The molecule has 86 valence electrons. The molecule has 0 aliphatic heterocycles. The van der Waals surface area contributed by atoms with Crippen LogP contribution in [0.4, 0.5) is 0 Å². The third kappa shape index (κ3) is 2.02. The fourth-order valence-electron chi connectivity index (χ4n) is 1.81. The lowest BCUT2D eigenvalue weighted by Gasteiger charge is -2.12. The highest BCUT2D eigenvalue weighted by molar-refractivity contribution is 5.79. The number of hydrogen-bond acceptors (Lipinski definition) is 2. The van der Waals surface area contributed by atoms with Gasteiger partial charge < -0.3 is 14.9 Å². The van der Waals surface area contributed by atoms with Gasteiger partial charge >= 0.3 is 0 Å². The van der Waals surface area contributed by atoms with Gasteiger partial charge in [0.15, 0.2) is 5.43 Å². The second-order valence-electron chi connectivity index (χ2n) is 4.05. The summed E-state index contributed by atoms with van der Waals surface area (Å²) in [5.41, 5.74) is 2.00. The first kappa shape index (κ1) is 11.0. The number of rotatable bonds is 4. The molecule has 2 aromatic heterocycles. The monoisotopic (exact) mass is 219 g/mol. The Morgan fingerprint density at radius 3 is 2.94 bits per heavy atom.